The van der Waals surface area contributed by atoms with E-state index in [0.29, 0.717) is 0 Å². The van der Waals surface area contributed by atoms with E-state index in [1.54, 1.807) is 0 Å². The Kier molecular flexibility index (Phi) is 89.7. The Hall–Kier alpha value is 5.36. The van der Waals surface area contributed by atoms with E-state index in [1.165, 1.54) is 6.92 Å². The molecule has 1 N–H and O–H groups in total. The molecular formula is C4H14Ca3IO2PbTi. The third-order valence-corrected chi connectivity index (χ3v) is 0.365. The molecule has 0 fully saturated rings. The zero-order chi connectivity index (χ0) is 7.15. The Morgan fingerprint density at radius 3 is 1.42 bits per heavy atom. The summed E-state index contributed by atoms with van der Waals surface area (Å²) in [5.74, 6) is -0.935. The zero-order valence-electron chi connectivity index (χ0n) is 5.15. The molecule has 12 heavy (non-hydrogen) atoms. The molecule has 0 atom stereocenters. The molecule has 0 aromatic rings. The van der Waals surface area contributed by atoms with Crippen LogP contribution in [0.2, 0.25) is 0 Å². The summed E-state index contributed by atoms with van der Waals surface area (Å²) in [6, 6.07) is 0. The van der Waals surface area contributed by atoms with E-state index in [1.807, 2.05) is 16.7 Å². The van der Waals surface area contributed by atoms with Crippen molar-refractivity contribution in [1.82, 2.24) is 0 Å². The van der Waals surface area contributed by atoms with Crippen molar-refractivity contribution in [1.29, 1.82) is 0 Å². The van der Waals surface area contributed by atoms with Crippen molar-refractivity contribution in [3.8, 4) is 0 Å². The average molecular weight is 596 g/mol. The first-order valence-electron chi connectivity index (χ1n) is 1.72. The van der Waals surface area contributed by atoms with Gasteiger partial charge in [-0.2, -0.15) is 0 Å². The van der Waals surface area contributed by atoms with Gasteiger partial charge < -0.3 is 5.11 Å². The number of carboxylic acid groups (broad SMARTS) is 1. The number of hydrogen-bond donors (Lipinski definition) is 1. The van der Waals surface area contributed by atoms with Gasteiger partial charge in [0.15, 0.2) is 0 Å². The minimum absolute atomic E-state index is 0. The SMILES string of the molecule is C=C(C)C(=O)O.[CaH2].[CaH2].[CaH2].[PbH2].[Ti][I]. The summed E-state index contributed by atoms with van der Waals surface area (Å²) in [7, 11) is 0. The molecule has 0 aromatic carbocycles. The van der Waals surface area contributed by atoms with E-state index in [0.717, 1.165) is 0 Å². The van der Waals surface area contributed by atoms with Gasteiger partial charge in [-0.15, -0.1) is 0 Å². The first kappa shape index (κ1) is 36.0. The van der Waals surface area contributed by atoms with E-state index in [4.69, 9.17) is 5.11 Å². The quantitative estimate of drug-likeness (QED) is 0.214. The summed E-state index contributed by atoms with van der Waals surface area (Å²) in [6.45, 7) is 4.60. The van der Waals surface area contributed by atoms with Crippen molar-refractivity contribution in [2.24, 2.45) is 0 Å². The van der Waals surface area contributed by atoms with Crippen LogP contribution in [0, 0.1) is 0 Å². The summed E-state index contributed by atoms with van der Waals surface area (Å²) in [5.41, 5.74) is 0.176. The molecule has 0 saturated carbocycles. The molecule has 0 rings (SSSR count). The predicted molar refractivity (Wildman–Crippen MR) is 70.6 cm³/mol. The van der Waals surface area contributed by atoms with Crippen LogP contribution in [0.3, 0.4) is 0 Å². The summed E-state index contributed by atoms with van der Waals surface area (Å²) < 4.78 is 0. The molecule has 0 aromatic heterocycles. The van der Waals surface area contributed by atoms with Gasteiger partial charge in [0.25, 0.3) is 0 Å². The van der Waals surface area contributed by atoms with Gasteiger partial charge in [-0.3, -0.25) is 0 Å². The van der Waals surface area contributed by atoms with E-state index in [2.05, 4.69) is 25.8 Å². The van der Waals surface area contributed by atoms with Crippen LogP contribution < -0.4 is 0 Å². The van der Waals surface area contributed by atoms with Gasteiger partial charge in [0, 0.05) is 5.57 Å². The van der Waals surface area contributed by atoms with Gasteiger partial charge in [-0.25, -0.2) is 4.79 Å². The summed E-state index contributed by atoms with van der Waals surface area (Å²) >= 11 is 4.12. The van der Waals surface area contributed by atoms with Crippen LogP contribution in [0.5, 0.6) is 0 Å². The van der Waals surface area contributed by atoms with Crippen LogP contribution in [0.25, 0.3) is 0 Å². The second-order valence-electron chi connectivity index (χ2n) is 1.09. The van der Waals surface area contributed by atoms with Crippen molar-refractivity contribution < 1.29 is 26.6 Å². The van der Waals surface area contributed by atoms with Gasteiger partial charge in [0.05, 0.1) is 0 Å². The number of aliphatic carboxylic acids is 1. The molecule has 0 bridgehead atoms. The predicted octanol–water partition coefficient (Wildman–Crippen LogP) is -2.13. The van der Waals surface area contributed by atoms with Crippen molar-refractivity contribution in [3.63, 3.8) is 0 Å². The number of carboxylic acids is 1. The van der Waals surface area contributed by atoms with Crippen molar-refractivity contribution in [2.75, 3.05) is 0 Å². The number of halogens is 1. The molecule has 0 unspecified atom stereocenters. The second-order valence-corrected chi connectivity index (χ2v) is 1.09. The van der Waals surface area contributed by atoms with Gasteiger partial charge in [0.1, 0.15) is 0 Å². The molecule has 0 amide bonds. The molecule has 0 saturated heterocycles. The molecule has 0 aliphatic heterocycles. The summed E-state index contributed by atoms with van der Waals surface area (Å²) in [5, 5.41) is 7.89. The van der Waals surface area contributed by atoms with Gasteiger partial charge in [-0.05, 0) is 6.92 Å². The van der Waals surface area contributed by atoms with Crippen molar-refractivity contribution in [2.45, 2.75) is 6.92 Å². The molecule has 0 aliphatic carbocycles. The Bertz CT molecular complexity index is 94.3. The van der Waals surface area contributed by atoms with Crippen molar-refractivity contribution >= 4 is 166 Å². The van der Waals surface area contributed by atoms with Crippen LogP contribution in [0.4, 0.5) is 0 Å². The Labute approximate surface area is 205 Å². The average Bonchev–Trinajstić information content (AvgIpc) is 1.72. The Morgan fingerprint density at radius 1 is 1.33 bits per heavy atom. The van der Waals surface area contributed by atoms with E-state index < -0.39 is 5.97 Å². The summed E-state index contributed by atoms with van der Waals surface area (Å²) in [6.07, 6.45) is 0. The van der Waals surface area contributed by atoms with E-state index in [-0.39, 0.29) is 146 Å². The number of hydrogen-bond acceptors (Lipinski definition) is 1. The van der Waals surface area contributed by atoms with Crippen LogP contribution in [-0.2, 0) is 21.5 Å². The fourth-order valence-electron chi connectivity index (χ4n) is 0. The third-order valence-electron chi connectivity index (χ3n) is 0.365. The first-order valence-corrected chi connectivity index (χ1v) is 6.76. The monoisotopic (exact) mass is 597 g/mol. The molecule has 0 heterocycles. The summed E-state index contributed by atoms with van der Waals surface area (Å²) in [4.78, 5) is 9.60. The van der Waals surface area contributed by atoms with Crippen LogP contribution in [-0.4, -0.2) is 152 Å². The van der Waals surface area contributed by atoms with E-state index in [9.17, 15) is 4.79 Å². The first-order chi connectivity index (χ1) is 3.64. The second kappa shape index (κ2) is 29.9. The zero-order valence-corrected chi connectivity index (χ0v) is 14.4. The van der Waals surface area contributed by atoms with Crippen molar-refractivity contribution in [3.05, 3.63) is 12.2 Å². The Morgan fingerprint density at radius 2 is 1.42 bits per heavy atom. The Balaban J connectivity index is -0.0000000140. The third kappa shape index (κ3) is 36.2. The van der Waals surface area contributed by atoms with Gasteiger partial charge >= 0.3 is 182 Å². The van der Waals surface area contributed by atoms with Gasteiger partial charge in [0.2, 0.25) is 0 Å². The van der Waals surface area contributed by atoms with Crippen LogP contribution in [0.1, 0.15) is 6.92 Å². The molecule has 2 nitrogen and oxygen atoms in total. The molecule has 0 aliphatic rings. The van der Waals surface area contributed by atoms with Crippen LogP contribution in [0.15, 0.2) is 12.2 Å². The van der Waals surface area contributed by atoms with Gasteiger partial charge in [-0.1, -0.05) is 6.58 Å². The van der Waals surface area contributed by atoms with E-state index >= 15 is 0 Å². The minimum atomic E-state index is -0.935. The maximum atomic E-state index is 9.60. The molecule has 0 spiro atoms. The number of rotatable bonds is 1. The maximum absolute atomic E-state index is 9.60. The molecule has 2 radical (unpaired) electrons. The fraction of sp³-hybridized carbons (Fsp3) is 0.250. The normalized spacial score (nSPS) is 4.08. The standard InChI is InChI=1S/C4H6O2.3Ca.HI.Pb.Ti.8H/c1-3(2)4(5)6;;;;;;;;;;;;;;/h1H2,2H3,(H,5,6);;;;1H;;;;;;;;;;/q;;;;;;+1;;;;;;;;/p-1. The molecule has 63 valence electrons. The molecule has 8 heteroatoms. The van der Waals surface area contributed by atoms with Crippen LogP contribution >= 0.6 is 19.2 Å². The topological polar surface area (TPSA) is 37.3 Å². The molecular weight excluding hydrogens is 582 g/mol. The fourth-order valence-corrected chi connectivity index (χ4v) is 0. The number of carbonyl (C=O) groups is 1.